The summed E-state index contributed by atoms with van der Waals surface area (Å²) in [6.45, 7) is 8.89. The Morgan fingerprint density at radius 1 is 1.50 bits per heavy atom. The van der Waals surface area contributed by atoms with Gasteiger partial charge in [0.2, 0.25) is 0 Å². The van der Waals surface area contributed by atoms with E-state index in [9.17, 15) is 0 Å². The zero-order chi connectivity index (χ0) is 12.0. The zero-order valence-corrected chi connectivity index (χ0v) is 10.5. The fourth-order valence-electron chi connectivity index (χ4n) is 1.47. The fraction of sp³-hybridized carbons (Fsp3) is 0.615. The largest absolute Gasteiger partial charge is 0.354 e. The molecule has 1 N–H and O–H groups in total. The summed E-state index contributed by atoms with van der Waals surface area (Å²) in [6.07, 6.45) is 5.12. The molecule has 0 atom stereocenters. The van der Waals surface area contributed by atoms with Crippen molar-refractivity contribution in [1.82, 2.24) is 9.88 Å². The minimum atomic E-state index is -0.230. The van der Waals surface area contributed by atoms with E-state index in [0.717, 1.165) is 26.1 Å². The summed E-state index contributed by atoms with van der Waals surface area (Å²) in [7, 11) is 0. The minimum Gasteiger partial charge on any atom is -0.354 e. The van der Waals surface area contributed by atoms with Gasteiger partial charge in [0.1, 0.15) is 0 Å². The second-order valence-corrected chi connectivity index (χ2v) is 4.78. The number of hydrogen-bond acceptors (Lipinski definition) is 2. The first kappa shape index (κ1) is 12.8. The van der Waals surface area contributed by atoms with Gasteiger partial charge in [-0.1, -0.05) is 6.92 Å². The van der Waals surface area contributed by atoms with E-state index in [1.54, 1.807) is 0 Å². The van der Waals surface area contributed by atoms with Gasteiger partial charge < -0.3 is 9.88 Å². The number of nitriles is 1. The second-order valence-electron chi connectivity index (χ2n) is 4.78. The third-order valence-corrected chi connectivity index (χ3v) is 2.69. The second kappa shape index (κ2) is 5.72. The van der Waals surface area contributed by atoms with Crippen molar-refractivity contribution in [3.8, 4) is 6.07 Å². The molecule has 0 aromatic carbocycles. The monoisotopic (exact) mass is 219 g/mol. The molecule has 0 aliphatic rings. The van der Waals surface area contributed by atoms with Gasteiger partial charge in [0.05, 0.1) is 11.5 Å². The SMILES string of the molecule is CCNCc1ccn(CCC(C)(C)C#N)c1. The molecule has 0 fully saturated rings. The van der Waals surface area contributed by atoms with E-state index in [1.165, 1.54) is 5.56 Å². The molecule has 0 saturated carbocycles. The molecule has 0 aliphatic carbocycles. The van der Waals surface area contributed by atoms with Crippen molar-refractivity contribution in [3.05, 3.63) is 24.0 Å². The predicted octanol–water partition coefficient (Wildman–Crippen LogP) is 2.54. The lowest BCUT2D eigenvalue weighted by Gasteiger charge is -2.14. The third kappa shape index (κ3) is 4.08. The van der Waals surface area contributed by atoms with Crippen LogP contribution in [-0.2, 0) is 13.1 Å². The van der Waals surface area contributed by atoms with Crippen molar-refractivity contribution in [3.63, 3.8) is 0 Å². The molecule has 1 rings (SSSR count). The zero-order valence-electron chi connectivity index (χ0n) is 10.5. The first-order valence-corrected chi connectivity index (χ1v) is 5.84. The van der Waals surface area contributed by atoms with Gasteiger partial charge in [0, 0.05) is 25.5 Å². The molecule has 1 aromatic rings. The lowest BCUT2D eigenvalue weighted by molar-refractivity contribution is 0.413. The van der Waals surface area contributed by atoms with Gasteiger partial charge >= 0.3 is 0 Å². The molecular weight excluding hydrogens is 198 g/mol. The van der Waals surface area contributed by atoms with Crippen molar-refractivity contribution in [2.24, 2.45) is 5.41 Å². The highest BCUT2D eigenvalue weighted by Crippen LogP contribution is 2.19. The molecule has 0 bridgehead atoms. The first-order chi connectivity index (χ1) is 7.57. The van der Waals surface area contributed by atoms with Crippen LogP contribution in [-0.4, -0.2) is 11.1 Å². The topological polar surface area (TPSA) is 40.8 Å². The van der Waals surface area contributed by atoms with Crippen LogP contribution in [0.15, 0.2) is 18.5 Å². The summed E-state index contributed by atoms with van der Waals surface area (Å²) in [6, 6.07) is 4.45. The van der Waals surface area contributed by atoms with Crippen LogP contribution in [0.5, 0.6) is 0 Å². The maximum atomic E-state index is 8.92. The van der Waals surface area contributed by atoms with Gasteiger partial charge in [-0.25, -0.2) is 0 Å². The summed E-state index contributed by atoms with van der Waals surface area (Å²) in [5, 5.41) is 12.2. The van der Waals surface area contributed by atoms with Crippen molar-refractivity contribution in [2.45, 2.75) is 40.3 Å². The maximum absolute atomic E-state index is 8.92. The lowest BCUT2D eigenvalue weighted by atomic mass is 9.91. The highest BCUT2D eigenvalue weighted by molar-refractivity contribution is 5.10. The molecule has 0 aliphatic heterocycles. The Balaban J connectivity index is 2.44. The predicted molar refractivity (Wildman–Crippen MR) is 65.8 cm³/mol. The Kier molecular flexibility index (Phi) is 4.57. The van der Waals surface area contributed by atoms with Crippen LogP contribution in [0, 0.1) is 16.7 Å². The van der Waals surface area contributed by atoms with Crippen molar-refractivity contribution >= 4 is 0 Å². The minimum absolute atomic E-state index is 0.230. The molecular formula is C13H21N3. The van der Waals surface area contributed by atoms with E-state index in [4.69, 9.17) is 5.26 Å². The molecule has 16 heavy (non-hydrogen) atoms. The van der Waals surface area contributed by atoms with Crippen LogP contribution in [0.25, 0.3) is 0 Å². The Labute approximate surface area is 98.1 Å². The maximum Gasteiger partial charge on any atom is 0.0684 e. The summed E-state index contributed by atoms with van der Waals surface area (Å²) in [5.74, 6) is 0. The van der Waals surface area contributed by atoms with Gasteiger partial charge in [-0.15, -0.1) is 0 Å². The van der Waals surface area contributed by atoms with Gasteiger partial charge in [0.25, 0.3) is 0 Å². The molecule has 3 heteroatoms. The standard InChI is InChI=1S/C13H21N3/c1-4-15-9-12-5-7-16(10-12)8-6-13(2,3)11-14/h5,7,10,15H,4,6,8-9H2,1-3H3. The van der Waals surface area contributed by atoms with Crippen molar-refractivity contribution < 1.29 is 0 Å². The van der Waals surface area contributed by atoms with Crippen molar-refractivity contribution in [2.75, 3.05) is 6.54 Å². The average Bonchev–Trinajstić information content (AvgIpc) is 2.72. The number of aryl methyl sites for hydroxylation is 1. The van der Waals surface area contributed by atoms with Gasteiger partial charge in [0.15, 0.2) is 0 Å². The van der Waals surface area contributed by atoms with E-state index in [1.807, 2.05) is 13.8 Å². The van der Waals surface area contributed by atoms with E-state index in [2.05, 4.69) is 41.3 Å². The Morgan fingerprint density at radius 3 is 2.88 bits per heavy atom. The molecule has 3 nitrogen and oxygen atoms in total. The molecule has 88 valence electrons. The quantitative estimate of drug-likeness (QED) is 0.798. The lowest BCUT2D eigenvalue weighted by Crippen LogP contribution is -2.12. The number of nitrogens with one attached hydrogen (secondary N) is 1. The van der Waals surface area contributed by atoms with Gasteiger partial charge in [-0.3, -0.25) is 0 Å². The molecule has 0 spiro atoms. The van der Waals surface area contributed by atoms with Crippen molar-refractivity contribution in [1.29, 1.82) is 5.26 Å². The molecule has 0 saturated heterocycles. The Hall–Kier alpha value is -1.27. The number of hydrogen-bond donors (Lipinski definition) is 1. The number of nitrogens with zero attached hydrogens (tertiary/aromatic N) is 2. The normalized spacial score (nSPS) is 11.4. The molecule has 1 aromatic heterocycles. The number of rotatable bonds is 6. The van der Waals surface area contributed by atoms with E-state index in [-0.39, 0.29) is 5.41 Å². The van der Waals surface area contributed by atoms with E-state index >= 15 is 0 Å². The van der Waals surface area contributed by atoms with Crippen LogP contribution < -0.4 is 5.32 Å². The molecule has 0 amide bonds. The molecule has 0 unspecified atom stereocenters. The Morgan fingerprint density at radius 2 is 2.25 bits per heavy atom. The number of aromatic nitrogens is 1. The van der Waals surface area contributed by atoms with E-state index < -0.39 is 0 Å². The molecule has 1 heterocycles. The van der Waals surface area contributed by atoms with Gasteiger partial charge in [-0.05, 0) is 38.4 Å². The summed E-state index contributed by atoms with van der Waals surface area (Å²) in [5.41, 5.74) is 1.07. The highest BCUT2D eigenvalue weighted by Gasteiger charge is 2.15. The molecule has 0 radical (unpaired) electrons. The van der Waals surface area contributed by atoms with E-state index in [0.29, 0.717) is 0 Å². The van der Waals surface area contributed by atoms with Crippen LogP contribution in [0.1, 0.15) is 32.8 Å². The van der Waals surface area contributed by atoms with Crippen LogP contribution in [0.4, 0.5) is 0 Å². The van der Waals surface area contributed by atoms with Crippen LogP contribution in [0.2, 0.25) is 0 Å². The van der Waals surface area contributed by atoms with Crippen LogP contribution >= 0.6 is 0 Å². The summed E-state index contributed by atoms with van der Waals surface area (Å²) in [4.78, 5) is 0. The first-order valence-electron chi connectivity index (χ1n) is 5.84. The summed E-state index contributed by atoms with van der Waals surface area (Å²) >= 11 is 0. The smallest absolute Gasteiger partial charge is 0.0684 e. The van der Waals surface area contributed by atoms with Crippen LogP contribution in [0.3, 0.4) is 0 Å². The third-order valence-electron chi connectivity index (χ3n) is 2.69. The average molecular weight is 219 g/mol. The van der Waals surface area contributed by atoms with Gasteiger partial charge in [-0.2, -0.15) is 5.26 Å². The highest BCUT2D eigenvalue weighted by atomic mass is 14.9. The fourth-order valence-corrected chi connectivity index (χ4v) is 1.47. The summed E-state index contributed by atoms with van der Waals surface area (Å²) < 4.78 is 2.16. The Bertz CT molecular complexity index is 357.